The lowest BCUT2D eigenvalue weighted by atomic mass is 9.98. The van der Waals surface area contributed by atoms with Crippen molar-refractivity contribution in [3.8, 4) is 0 Å². The molecule has 5 unspecified atom stereocenters. The molecule has 2 aromatic rings. The van der Waals surface area contributed by atoms with Gasteiger partial charge in [0.2, 0.25) is 5.91 Å². The Labute approximate surface area is 150 Å². The van der Waals surface area contributed by atoms with E-state index in [9.17, 15) is 25.2 Å². The summed E-state index contributed by atoms with van der Waals surface area (Å²) in [6.07, 6.45) is -3.72. The second-order valence-corrected chi connectivity index (χ2v) is 6.53. The molecule has 1 fully saturated rings. The minimum absolute atomic E-state index is 0.109. The fourth-order valence-corrected chi connectivity index (χ4v) is 3.37. The van der Waals surface area contributed by atoms with Gasteiger partial charge in [-0.15, -0.1) is 0 Å². The zero-order valence-corrected chi connectivity index (χ0v) is 14.4. The van der Waals surface area contributed by atoms with Crippen molar-refractivity contribution < 1.29 is 30.0 Å². The first-order chi connectivity index (χ1) is 12.4. The lowest BCUT2D eigenvalue weighted by molar-refractivity contribution is -0.250. The highest BCUT2D eigenvalue weighted by Gasteiger charge is 2.44. The summed E-state index contributed by atoms with van der Waals surface area (Å²) in [5.41, 5.74) is 1.74. The van der Waals surface area contributed by atoms with Gasteiger partial charge in [0, 0.05) is 25.1 Å². The highest BCUT2D eigenvalue weighted by Crippen LogP contribution is 2.33. The fourth-order valence-electron chi connectivity index (χ4n) is 3.37. The number of aromatic nitrogens is 1. The topological polar surface area (TPSA) is 124 Å². The minimum Gasteiger partial charge on any atom is -0.394 e. The van der Waals surface area contributed by atoms with E-state index in [1.165, 1.54) is 6.92 Å². The van der Waals surface area contributed by atoms with E-state index in [4.69, 9.17) is 4.74 Å². The van der Waals surface area contributed by atoms with Crippen LogP contribution in [0.15, 0.2) is 30.5 Å². The molecule has 5 atom stereocenters. The third-order valence-corrected chi connectivity index (χ3v) is 4.73. The third kappa shape index (κ3) is 3.46. The van der Waals surface area contributed by atoms with Crippen molar-refractivity contribution in [2.45, 2.75) is 44.0 Å². The number of amides is 1. The van der Waals surface area contributed by atoms with E-state index in [0.717, 1.165) is 16.5 Å². The second-order valence-electron chi connectivity index (χ2n) is 6.53. The van der Waals surface area contributed by atoms with Gasteiger partial charge in [-0.2, -0.15) is 0 Å². The normalized spacial score (nSPS) is 29.0. The van der Waals surface area contributed by atoms with Gasteiger partial charge in [-0.05, 0) is 18.1 Å². The van der Waals surface area contributed by atoms with E-state index in [1.807, 2.05) is 24.3 Å². The third-order valence-electron chi connectivity index (χ3n) is 4.73. The molecule has 1 aliphatic heterocycles. The second kappa shape index (κ2) is 7.73. The van der Waals surface area contributed by atoms with Gasteiger partial charge < -0.3 is 35.0 Å². The standard InChI is InChI=1S/C18H24N2O6/c1-10(22)19-7-6-11-8-20(13-5-3-2-4-12(11)13)18-17(25)16(24)15(23)14(9-21)26-18/h2-5,8,14-18,21,23-25H,6-7,9H2,1H3,(H,19,22). The van der Waals surface area contributed by atoms with Crippen molar-refractivity contribution in [2.24, 2.45) is 0 Å². The van der Waals surface area contributed by atoms with Crippen LogP contribution in [0.4, 0.5) is 0 Å². The summed E-state index contributed by atoms with van der Waals surface area (Å²) in [6.45, 7) is 1.45. The van der Waals surface area contributed by atoms with Crippen LogP contribution in [0.25, 0.3) is 10.9 Å². The van der Waals surface area contributed by atoms with E-state index in [-0.39, 0.29) is 5.91 Å². The number of para-hydroxylation sites is 1. The molecule has 0 spiro atoms. The molecule has 5 N–H and O–H groups in total. The molecular formula is C18H24N2O6. The molecule has 8 nitrogen and oxygen atoms in total. The highest BCUT2D eigenvalue weighted by molar-refractivity contribution is 5.84. The van der Waals surface area contributed by atoms with Crippen LogP contribution >= 0.6 is 0 Å². The number of hydrogen-bond donors (Lipinski definition) is 5. The first-order valence-corrected chi connectivity index (χ1v) is 8.57. The monoisotopic (exact) mass is 364 g/mol. The predicted molar refractivity (Wildman–Crippen MR) is 93.3 cm³/mol. The number of ether oxygens (including phenoxy) is 1. The molecule has 0 radical (unpaired) electrons. The number of hydrogen-bond acceptors (Lipinski definition) is 6. The number of aliphatic hydroxyl groups excluding tert-OH is 4. The smallest absolute Gasteiger partial charge is 0.216 e. The molecule has 0 bridgehead atoms. The Morgan fingerprint density at radius 3 is 2.62 bits per heavy atom. The molecule has 1 saturated heterocycles. The summed E-state index contributed by atoms with van der Waals surface area (Å²) in [5, 5.41) is 43.5. The Morgan fingerprint density at radius 2 is 1.92 bits per heavy atom. The molecule has 8 heteroatoms. The maximum Gasteiger partial charge on any atom is 0.216 e. The van der Waals surface area contributed by atoms with E-state index in [2.05, 4.69) is 5.32 Å². The van der Waals surface area contributed by atoms with Gasteiger partial charge in [0.25, 0.3) is 0 Å². The molecule has 3 rings (SSSR count). The van der Waals surface area contributed by atoms with E-state index < -0.39 is 37.3 Å². The molecule has 26 heavy (non-hydrogen) atoms. The summed E-state index contributed by atoms with van der Waals surface area (Å²) in [6, 6.07) is 7.53. The van der Waals surface area contributed by atoms with Gasteiger partial charge >= 0.3 is 0 Å². The molecule has 1 amide bonds. The maximum absolute atomic E-state index is 11.1. The summed E-state index contributed by atoms with van der Waals surface area (Å²) >= 11 is 0. The number of fused-ring (bicyclic) bond motifs is 1. The van der Waals surface area contributed by atoms with E-state index >= 15 is 0 Å². The minimum atomic E-state index is -1.44. The number of rotatable bonds is 5. The summed E-state index contributed by atoms with van der Waals surface area (Å²) in [5.74, 6) is -0.109. The van der Waals surface area contributed by atoms with Crippen molar-refractivity contribution in [1.29, 1.82) is 0 Å². The average molecular weight is 364 g/mol. The average Bonchev–Trinajstić information content (AvgIpc) is 2.99. The fraction of sp³-hybridized carbons (Fsp3) is 0.500. The summed E-state index contributed by atoms with van der Waals surface area (Å²) < 4.78 is 7.36. The molecule has 1 aromatic heterocycles. The first-order valence-electron chi connectivity index (χ1n) is 8.57. The zero-order valence-electron chi connectivity index (χ0n) is 14.4. The maximum atomic E-state index is 11.1. The number of benzene rings is 1. The van der Waals surface area contributed by atoms with Crippen LogP contribution in [-0.4, -0.2) is 68.5 Å². The highest BCUT2D eigenvalue weighted by atomic mass is 16.6. The van der Waals surface area contributed by atoms with Crippen molar-refractivity contribution in [3.63, 3.8) is 0 Å². The number of nitrogens with one attached hydrogen (secondary N) is 1. The Balaban J connectivity index is 1.95. The van der Waals surface area contributed by atoms with Gasteiger partial charge in [-0.25, -0.2) is 0 Å². The van der Waals surface area contributed by atoms with Crippen LogP contribution in [0.2, 0.25) is 0 Å². The number of carbonyl (C=O) groups excluding carboxylic acids is 1. The van der Waals surface area contributed by atoms with Gasteiger partial charge in [0.1, 0.15) is 24.4 Å². The largest absolute Gasteiger partial charge is 0.394 e. The molecule has 0 aliphatic carbocycles. The van der Waals surface area contributed by atoms with Crippen LogP contribution in [-0.2, 0) is 16.0 Å². The predicted octanol–water partition coefficient (Wildman–Crippen LogP) is -0.708. The Bertz CT molecular complexity index is 774. The molecule has 1 aromatic carbocycles. The molecular weight excluding hydrogens is 340 g/mol. The van der Waals surface area contributed by atoms with Crippen LogP contribution in [0.1, 0.15) is 18.7 Å². The van der Waals surface area contributed by atoms with Gasteiger partial charge in [-0.3, -0.25) is 4.79 Å². The Morgan fingerprint density at radius 1 is 1.19 bits per heavy atom. The molecule has 0 saturated carbocycles. The Hall–Kier alpha value is -1.97. The van der Waals surface area contributed by atoms with Gasteiger partial charge in [0.05, 0.1) is 12.1 Å². The lowest BCUT2D eigenvalue weighted by Crippen LogP contribution is -2.56. The van der Waals surface area contributed by atoms with Crippen LogP contribution < -0.4 is 5.32 Å². The summed E-state index contributed by atoms with van der Waals surface area (Å²) in [7, 11) is 0. The van der Waals surface area contributed by atoms with Crippen LogP contribution in [0.3, 0.4) is 0 Å². The SMILES string of the molecule is CC(=O)NCCc1cn(C2OC(CO)C(O)C(O)C2O)c2ccccc12. The van der Waals surface area contributed by atoms with Crippen molar-refractivity contribution >= 4 is 16.8 Å². The van der Waals surface area contributed by atoms with E-state index in [0.29, 0.717) is 13.0 Å². The quantitative estimate of drug-likeness (QED) is 0.478. The molecule has 2 heterocycles. The molecule has 1 aliphatic rings. The lowest BCUT2D eigenvalue weighted by Gasteiger charge is -2.40. The summed E-state index contributed by atoms with van der Waals surface area (Å²) in [4.78, 5) is 11.1. The zero-order chi connectivity index (χ0) is 18.8. The van der Waals surface area contributed by atoms with E-state index in [1.54, 1.807) is 10.8 Å². The van der Waals surface area contributed by atoms with Crippen molar-refractivity contribution in [3.05, 3.63) is 36.0 Å². The van der Waals surface area contributed by atoms with Gasteiger partial charge in [0.15, 0.2) is 6.23 Å². The van der Waals surface area contributed by atoms with Crippen molar-refractivity contribution in [2.75, 3.05) is 13.2 Å². The van der Waals surface area contributed by atoms with Crippen LogP contribution in [0, 0.1) is 0 Å². The number of aliphatic hydroxyl groups is 4. The molecule has 142 valence electrons. The Kier molecular flexibility index (Phi) is 5.59. The van der Waals surface area contributed by atoms with Gasteiger partial charge in [-0.1, -0.05) is 18.2 Å². The number of nitrogens with zero attached hydrogens (tertiary/aromatic N) is 1. The van der Waals surface area contributed by atoms with Crippen LogP contribution in [0.5, 0.6) is 0 Å². The van der Waals surface area contributed by atoms with Crippen molar-refractivity contribution in [1.82, 2.24) is 9.88 Å². The first kappa shape index (κ1) is 18.8. The number of carbonyl (C=O) groups is 1.